The second-order valence-corrected chi connectivity index (χ2v) is 6.82. The van der Waals surface area contributed by atoms with Crippen molar-refractivity contribution < 1.29 is 9.18 Å². The van der Waals surface area contributed by atoms with Gasteiger partial charge in [-0.1, -0.05) is 17.7 Å². The van der Waals surface area contributed by atoms with Gasteiger partial charge in [0.2, 0.25) is 0 Å². The van der Waals surface area contributed by atoms with Gasteiger partial charge in [0.25, 0.3) is 5.91 Å². The normalized spacial score (nSPS) is 15.6. The summed E-state index contributed by atoms with van der Waals surface area (Å²) in [7, 11) is 0. The number of thiazole rings is 1. The molecule has 0 radical (unpaired) electrons. The molecule has 122 valence electrons. The number of amides is 1. The summed E-state index contributed by atoms with van der Waals surface area (Å²) in [6, 6.07) is 4.41. The maximum absolute atomic E-state index is 13.1. The predicted molar refractivity (Wildman–Crippen MR) is 89.5 cm³/mol. The molecule has 4 nitrogen and oxygen atoms in total. The Hall–Kier alpha value is -1.50. The topological polar surface area (TPSA) is 54.0 Å². The summed E-state index contributed by atoms with van der Waals surface area (Å²) in [4.78, 5) is 16.7. The van der Waals surface area contributed by atoms with E-state index >= 15 is 0 Å². The molecule has 1 aliphatic heterocycles. The molecule has 0 atom stereocenters. The second kappa shape index (κ2) is 7.38. The van der Waals surface area contributed by atoms with Gasteiger partial charge in [0.1, 0.15) is 11.5 Å². The maximum atomic E-state index is 13.1. The monoisotopic (exact) mass is 353 g/mol. The average molecular weight is 354 g/mol. The summed E-state index contributed by atoms with van der Waals surface area (Å²) in [5, 5.41) is 8.99. The lowest BCUT2D eigenvalue weighted by molar-refractivity contribution is 0.0946. The number of hydrogen-bond donors (Lipinski definition) is 2. The molecule has 2 N–H and O–H groups in total. The Morgan fingerprint density at radius 2 is 2.22 bits per heavy atom. The highest BCUT2D eigenvalue weighted by molar-refractivity contribution is 7.09. The molecule has 2 aromatic rings. The highest BCUT2D eigenvalue weighted by Gasteiger charge is 2.20. The van der Waals surface area contributed by atoms with Crippen LogP contribution in [0.5, 0.6) is 0 Å². The number of halogens is 2. The molecule has 23 heavy (non-hydrogen) atoms. The van der Waals surface area contributed by atoms with E-state index in [0.717, 1.165) is 36.5 Å². The van der Waals surface area contributed by atoms with Crippen LogP contribution in [0, 0.1) is 5.82 Å². The van der Waals surface area contributed by atoms with Crippen molar-refractivity contribution in [1.82, 2.24) is 15.6 Å². The van der Waals surface area contributed by atoms with Crippen LogP contribution in [-0.4, -0.2) is 24.0 Å². The van der Waals surface area contributed by atoms with Gasteiger partial charge in [-0.3, -0.25) is 4.79 Å². The first-order valence-corrected chi connectivity index (χ1v) is 8.77. The highest BCUT2D eigenvalue weighted by Crippen LogP contribution is 2.27. The van der Waals surface area contributed by atoms with E-state index in [9.17, 15) is 9.18 Å². The fourth-order valence-electron chi connectivity index (χ4n) is 2.57. The minimum absolute atomic E-state index is 0.0543. The minimum Gasteiger partial charge on any atom is -0.347 e. The molecular weight excluding hydrogens is 337 g/mol. The zero-order chi connectivity index (χ0) is 16.2. The molecule has 1 aromatic carbocycles. The van der Waals surface area contributed by atoms with Crippen LogP contribution in [0.2, 0.25) is 5.02 Å². The van der Waals surface area contributed by atoms with E-state index in [4.69, 9.17) is 11.6 Å². The lowest BCUT2D eigenvalue weighted by Gasteiger charge is -2.20. The maximum Gasteiger partial charge on any atom is 0.271 e. The van der Waals surface area contributed by atoms with Crippen LogP contribution >= 0.6 is 22.9 Å². The molecule has 0 saturated carbocycles. The van der Waals surface area contributed by atoms with Crippen molar-refractivity contribution in [2.45, 2.75) is 25.3 Å². The van der Waals surface area contributed by atoms with E-state index in [1.807, 2.05) is 0 Å². The first kappa shape index (κ1) is 16.4. The number of benzene rings is 1. The largest absolute Gasteiger partial charge is 0.347 e. The molecule has 1 fully saturated rings. The Morgan fingerprint density at radius 1 is 1.43 bits per heavy atom. The molecule has 0 spiro atoms. The molecule has 0 unspecified atom stereocenters. The molecule has 1 aliphatic rings. The van der Waals surface area contributed by atoms with Gasteiger partial charge >= 0.3 is 0 Å². The Kier molecular flexibility index (Phi) is 5.25. The molecular formula is C16H17ClFN3OS. The lowest BCUT2D eigenvalue weighted by Crippen LogP contribution is -2.27. The Labute approximate surface area is 143 Å². The summed E-state index contributed by atoms with van der Waals surface area (Å²) in [5.74, 6) is -0.242. The van der Waals surface area contributed by atoms with Gasteiger partial charge in [-0.15, -0.1) is 11.3 Å². The third kappa shape index (κ3) is 4.07. The van der Waals surface area contributed by atoms with Gasteiger partial charge in [-0.25, -0.2) is 9.37 Å². The van der Waals surface area contributed by atoms with Crippen molar-refractivity contribution in [3.05, 3.63) is 50.7 Å². The summed E-state index contributed by atoms with van der Waals surface area (Å²) < 4.78 is 13.1. The molecule has 1 amide bonds. The Morgan fingerprint density at radius 3 is 2.96 bits per heavy atom. The van der Waals surface area contributed by atoms with Gasteiger partial charge < -0.3 is 10.6 Å². The van der Waals surface area contributed by atoms with Crippen molar-refractivity contribution in [3.8, 4) is 0 Å². The number of aromatic nitrogens is 1. The second-order valence-electron chi connectivity index (χ2n) is 5.53. The standard InChI is InChI=1S/C16H17ClFN3OS/c17-12-7-10(1-2-13(12)18)8-20-15(22)14-9-23-16(21-14)11-3-5-19-6-4-11/h1-2,7,9,11,19H,3-6,8H2,(H,20,22). The van der Waals surface area contributed by atoms with Crippen LogP contribution in [0.15, 0.2) is 23.6 Å². The van der Waals surface area contributed by atoms with Crippen LogP contribution < -0.4 is 10.6 Å². The number of nitrogens with zero attached hydrogens (tertiary/aromatic N) is 1. The first-order chi connectivity index (χ1) is 11.1. The molecule has 0 aliphatic carbocycles. The minimum atomic E-state index is -0.465. The van der Waals surface area contributed by atoms with Crippen molar-refractivity contribution in [3.63, 3.8) is 0 Å². The summed E-state index contributed by atoms with van der Waals surface area (Å²) in [5.41, 5.74) is 1.19. The number of nitrogens with one attached hydrogen (secondary N) is 2. The van der Waals surface area contributed by atoms with Gasteiger partial charge in [0, 0.05) is 17.8 Å². The molecule has 7 heteroatoms. The van der Waals surface area contributed by atoms with Crippen molar-refractivity contribution in [2.75, 3.05) is 13.1 Å². The lowest BCUT2D eigenvalue weighted by atomic mass is 9.99. The molecule has 1 saturated heterocycles. The molecule has 0 bridgehead atoms. The number of carbonyl (C=O) groups is 1. The number of carbonyl (C=O) groups excluding carboxylic acids is 1. The van der Waals surface area contributed by atoms with E-state index < -0.39 is 5.82 Å². The summed E-state index contributed by atoms with van der Waals surface area (Å²) in [6.07, 6.45) is 2.12. The molecule has 2 heterocycles. The molecule has 3 rings (SSSR count). The van der Waals surface area contributed by atoms with E-state index in [1.54, 1.807) is 22.8 Å². The highest BCUT2D eigenvalue weighted by atomic mass is 35.5. The summed E-state index contributed by atoms with van der Waals surface area (Å²) in [6.45, 7) is 2.28. The van der Waals surface area contributed by atoms with Crippen LogP contribution in [0.3, 0.4) is 0 Å². The SMILES string of the molecule is O=C(NCc1ccc(F)c(Cl)c1)c1csc(C2CCNCC2)n1. The zero-order valence-electron chi connectivity index (χ0n) is 12.4. The van der Waals surface area contributed by atoms with E-state index in [-0.39, 0.29) is 10.9 Å². The molecule has 1 aromatic heterocycles. The van der Waals surface area contributed by atoms with Crippen molar-refractivity contribution in [2.24, 2.45) is 0 Å². The van der Waals surface area contributed by atoms with Gasteiger partial charge in [-0.05, 0) is 43.6 Å². The first-order valence-electron chi connectivity index (χ1n) is 7.52. The van der Waals surface area contributed by atoms with Crippen LogP contribution in [-0.2, 0) is 6.54 Å². The van der Waals surface area contributed by atoms with E-state index in [2.05, 4.69) is 15.6 Å². The average Bonchev–Trinajstić information content (AvgIpc) is 3.06. The number of piperidine rings is 1. The number of hydrogen-bond acceptors (Lipinski definition) is 4. The third-order valence-electron chi connectivity index (χ3n) is 3.88. The Balaban J connectivity index is 1.59. The van der Waals surface area contributed by atoms with Crippen molar-refractivity contribution in [1.29, 1.82) is 0 Å². The van der Waals surface area contributed by atoms with E-state index in [1.165, 1.54) is 12.1 Å². The van der Waals surface area contributed by atoms with Crippen molar-refractivity contribution >= 4 is 28.8 Å². The smallest absolute Gasteiger partial charge is 0.271 e. The Bertz CT molecular complexity index is 700. The fourth-order valence-corrected chi connectivity index (χ4v) is 3.75. The quantitative estimate of drug-likeness (QED) is 0.886. The predicted octanol–water partition coefficient (Wildman–Crippen LogP) is 3.33. The van der Waals surface area contributed by atoms with Gasteiger partial charge in [0.15, 0.2) is 0 Å². The van der Waals surface area contributed by atoms with E-state index in [0.29, 0.717) is 18.2 Å². The van der Waals surface area contributed by atoms with Crippen LogP contribution in [0.25, 0.3) is 0 Å². The van der Waals surface area contributed by atoms with Crippen LogP contribution in [0.4, 0.5) is 4.39 Å². The summed E-state index contributed by atoms with van der Waals surface area (Å²) >= 11 is 7.27. The number of rotatable bonds is 4. The van der Waals surface area contributed by atoms with Gasteiger partial charge in [0.05, 0.1) is 10.0 Å². The van der Waals surface area contributed by atoms with Gasteiger partial charge in [-0.2, -0.15) is 0 Å². The third-order valence-corrected chi connectivity index (χ3v) is 5.18. The fraction of sp³-hybridized carbons (Fsp3) is 0.375. The van der Waals surface area contributed by atoms with Crippen LogP contribution in [0.1, 0.15) is 39.8 Å². The zero-order valence-corrected chi connectivity index (χ0v) is 14.0.